The second-order valence-corrected chi connectivity index (χ2v) is 18.6. The SMILES string of the molecule is CCC(C)(CC)N1C(=O)OC(c2ccccc2)(c2ccccc2)C1C(C)C.CCC(C)(CC)N1C(=O)OCC1C(C)C.CCC(C)(CC)N1C(=O)OCC1Cc1ccccc1. The number of hydrogen-bond donors (Lipinski definition) is 0. The van der Waals surface area contributed by atoms with Crippen LogP contribution in [-0.4, -0.2) is 80.9 Å². The average Bonchev–Trinajstić information content (AvgIpc) is 3.97. The number of ether oxygens (including phenoxy) is 3. The van der Waals surface area contributed by atoms with Gasteiger partial charge < -0.3 is 14.2 Å². The second kappa shape index (κ2) is 21.0. The number of benzene rings is 3. The molecule has 3 aliphatic rings. The van der Waals surface area contributed by atoms with Crippen molar-refractivity contribution >= 4 is 18.3 Å². The molecule has 0 aromatic heterocycles. The average molecular weight is 840 g/mol. The number of carbonyl (C=O) groups is 3. The minimum Gasteiger partial charge on any atom is -0.447 e. The molecule has 3 atom stereocenters. The fourth-order valence-corrected chi connectivity index (χ4v) is 9.34. The highest BCUT2D eigenvalue weighted by Gasteiger charge is 2.60. The summed E-state index contributed by atoms with van der Waals surface area (Å²) in [5.41, 5.74) is 2.11. The largest absolute Gasteiger partial charge is 0.447 e. The van der Waals surface area contributed by atoms with E-state index in [1.54, 1.807) is 0 Å². The van der Waals surface area contributed by atoms with Crippen molar-refractivity contribution in [2.75, 3.05) is 13.2 Å². The Morgan fingerprint density at radius 3 is 1.36 bits per heavy atom. The lowest BCUT2D eigenvalue weighted by atomic mass is 9.74. The monoisotopic (exact) mass is 840 g/mol. The van der Waals surface area contributed by atoms with Crippen molar-refractivity contribution in [3.63, 3.8) is 0 Å². The molecule has 0 radical (unpaired) electrons. The van der Waals surface area contributed by atoms with E-state index < -0.39 is 5.60 Å². The Balaban J connectivity index is 0.000000212. The molecule has 3 aromatic rings. The number of hydrogen-bond acceptors (Lipinski definition) is 6. The predicted molar refractivity (Wildman–Crippen MR) is 247 cm³/mol. The maximum atomic E-state index is 13.3. The van der Waals surface area contributed by atoms with Gasteiger partial charge in [0.1, 0.15) is 13.2 Å². The molecule has 61 heavy (non-hydrogen) atoms. The Labute approximate surface area is 368 Å². The summed E-state index contributed by atoms with van der Waals surface area (Å²) >= 11 is 0. The molecule has 9 nitrogen and oxygen atoms in total. The molecule has 3 saturated heterocycles. The third kappa shape index (κ3) is 10.2. The van der Waals surface area contributed by atoms with Gasteiger partial charge in [0.2, 0.25) is 0 Å². The summed E-state index contributed by atoms with van der Waals surface area (Å²) < 4.78 is 16.8. The number of nitrogens with zero attached hydrogens (tertiary/aromatic N) is 3. The minimum atomic E-state index is -0.806. The molecular weight excluding hydrogens is 763 g/mol. The Kier molecular flexibility index (Phi) is 16.9. The van der Waals surface area contributed by atoms with Crippen LogP contribution in [0.25, 0.3) is 0 Å². The van der Waals surface area contributed by atoms with Crippen LogP contribution >= 0.6 is 0 Å². The van der Waals surface area contributed by atoms with Gasteiger partial charge in [0.05, 0.1) is 18.1 Å². The van der Waals surface area contributed by atoms with Crippen LogP contribution in [-0.2, 0) is 26.2 Å². The van der Waals surface area contributed by atoms with Gasteiger partial charge in [-0.2, -0.15) is 0 Å². The van der Waals surface area contributed by atoms with Crippen LogP contribution in [0.3, 0.4) is 0 Å². The van der Waals surface area contributed by atoms with Gasteiger partial charge >= 0.3 is 18.3 Å². The summed E-state index contributed by atoms with van der Waals surface area (Å²) in [6.45, 7) is 29.0. The minimum absolute atomic E-state index is 0.0531. The quantitative estimate of drug-likeness (QED) is 0.142. The fourth-order valence-electron chi connectivity index (χ4n) is 9.34. The smallest absolute Gasteiger partial charge is 0.411 e. The molecule has 6 rings (SSSR count). The van der Waals surface area contributed by atoms with Gasteiger partial charge in [0.15, 0.2) is 5.60 Å². The number of cyclic esters (lactones) is 3. The summed E-state index contributed by atoms with van der Waals surface area (Å²) in [4.78, 5) is 43.1. The number of amides is 3. The third-order valence-electron chi connectivity index (χ3n) is 14.4. The fraction of sp³-hybridized carbons (Fsp3) is 0.596. The molecular formula is C52H77N3O6. The molecule has 0 N–H and O–H groups in total. The molecule has 3 amide bonds. The van der Waals surface area contributed by atoms with E-state index >= 15 is 0 Å². The highest BCUT2D eigenvalue weighted by Crippen LogP contribution is 2.50. The molecule has 3 heterocycles. The Morgan fingerprint density at radius 2 is 0.934 bits per heavy atom. The van der Waals surface area contributed by atoms with E-state index in [1.165, 1.54) is 5.56 Å². The zero-order chi connectivity index (χ0) is 45.2. The molecule has 0 aliphatic carbocycles. The van der Waals surface area contributed by atoms with Crippen molar-refractivity contribution in [1.29, 1.82) is 0 Å². The molecule has 0 spiro atoms. The van der Waals surface area contributed by atoms with Gasteiger partial charge in [0.25, 0.3) is 0 Å². The van der Waals surface area contributed by atoms with Gasteiger partial charge in [-0.3, -0.25) is 14.7 Å². The summed E-state index contributed by atoms with van der Waals surface area (Å²) in [7, 11) is 0. The van der Waals surface area contributed by atoms with Crippen LogP contribution < -0.4 is 0 Å². The van der Waals surface area contributed by atoms with Crippen LogP contribution in [0.15, 0.2) is 91.0 Å². The first-order chi connectivity index (χ1) is 29.0. The first-order valence-electron chi connectivity index (χ1n) is 23.1. The van der Waals surface area contributed by atoms with E-state index in [0.717, 1.165) is 56.1 Å². The second-order valence-electron chi connectivity index (χ2n) is 18.6. The van der Waals surface area contributed by atoms with Crippen molar-refractivity contribution in [2.24, 2.45) is 11.8 Å². The zero-order valence-electron chi connectivity index (χ0n) is 39.7. The van der Waals surface area contributed by atoms with Gasteiger partial charge in [-0.05, 0) is 83.1 Å². The van der Waals surface area contributed by atoms with Gasteiger partial charge in [-0.1, -0.05) is 160 Å². The van der Waals surface area contributed by atoms with E-state index in [4.69, 9.17) is 14.2 Å². The van der Waals surface area contributed by atoms with E-state index in [2.05, 4.69) is 126 Å². The zero-order valence-corrected chi connectivity index (χ0v) is 39.7. The maximum absolute atomic E-state index is 13.3. The van der Waals surface area contributed by atoms with Gasteiger partial charge in [-0.15, -0.1) is 0 Å². The van der Waals surface area contributed by atoms with Crippen LogP contribution in [0.2, 0.25) is 0 Å². The van der Waals surface area contributed by atoms with E-state index in [0.29, 0.717) is 19.1 Å². The van der Waals surface area contributed by atoms with Gasteiger partial charge in [0, 0.05) is 27.7 Å². The number of carbonyl (C=O) groups excluding carboxylic acids is 3. The molecule has 336 valence electrons. The summed E-state index contributed by atoms with van der Waals surface area (Å²) in [5, 5.41) is 0. The van der Waals surface area contributed by atoms with E-state index in [9.17, 15) is 14.4 Å². The summed E-state index contributed by atoms with van der Waals surface area (Å²) in [5.74, 6) is 0.683. The van der Waals surface area contributed by atoms with Crippen molar-refractivity contribution in [1.82, 2.24) is 14.7 Å². The molecule has 3 aromatic carbocycles. The Morgan fingerprint density at radius 1 is 0.541 bits per heavy atom. The molecule has 0 bridgehead atoms. The van der Waals surface area contributed by atoms with E-state index in [-0.39, 0.29) is 58.9 Å². The molecule has 0 saturated carbocycles. The standard InChI is InChI=1S/C24H31NO2.C16H23NO2.C12H23NO2/c1-6-23(5,7-2)25-21(18(3)4)24(27-22(25)26,19-14-10-8-11-15-19)20-16-12-9-13-17-20;1-4-16(3,5-2)17-14(12-19-15(17)18)11-13-9-7-6-8-10-13;1-6-12(5,7-2)13-10(9(3)4)8-15-11(13)14/h8-18,21H,6-7H2,1-5H3;6-10,14H,4-5,11-12H2,1-3H3;9-10H,6-8H2,1-5H3. The molecule has 3 aliphatic heterocycles. The molecule has 3 unspecified atom stereocenters. The topological polar surface area (TPSA) is 88.6 Å². The third-order valence-corrected chi connectivity index (χ3v) is 14.4. The molecule has 3 fully saturated rings. The number of rotatable bonds is 15. The Bertz CT molecular complexity index is 1780. The summed E-state index contributed by atoms with van der Waals surface area (Å²) in [6, 6.07) is 31.0. The highest BCUT2D eigenvalue weighted by atomic mass is 16.6. The van der Waals surface area contributed by atoms with E-state index in [1.807, 2.05) is 69.3 Å². The van der Waals surface area contributed by atoms with Crippen LogP contribution in [0.4, 0.5) is 14.4 Å². The van der Waals surface area contributed by atoms with Crippen LogP contribution in [0.1, 0.15) is 145 Å². The van der Waals surface area contributed by atoms with Crippen LogP contribution in [0.5, 0.6) is 0 Å². The van der Waals surface area contributed by atoms with Crippen molar-refractivity contribution in [2.45, 2.75) is 175 Å². The maximum Gasteiger partial charge on any atom is 0.411 e. The summed E-state index contributed by atoms with van der Waals surface area (Å²) in [6.07, 6.45) is 5.97. The predicted octanol–water partition coefficient (Wildman–Crippen LogP) is 12.7. The lowest BCUT2D eigenvalue weighted by molar-refractivity contribution is 0.0410. The lowest BCUT2D eigenvalue weighted by Gasteiger charge is -2.45. The normalized spacial score (nSPS) is 20.2. The first-order valence-corrected chi connectivity index (χ1v) is 23.1. The Hall–Kier alpha value is -4.53. The van der Waals surface area contributed by atoms with Crippen molar-refractivity contribution in [3.8, 4) is 0 Å². The molecule has 9 heteroatoms. The van der Waals surface area contributed by atoms with Crippen molar-refractivity contribution in [3.05, 3.63) is 108 Å². The first kappa shape index (κ1) is 49.1. The highest BCUT2D eigenvalue weighted by molar-refractivity contribution is 5.75. The lowest BCUT2D eigenvalue weighted by Crippen LogP contribution is -2.56. The van der Waals surface area contributed by atoms with Crippen molar-refractivity contribution < 1.29 is 28.6 Å². The van der Waals surface area contributed by atoms with Gasteiger partial charge in [-0.25, -0.2) is 14.4 Å². The van der Waals surface area contributed by atoms with Crippen LogP contribution in [0, 0.1) is 11.8 Å².